The Morgan fingerprint density at radius 3 is 2.59 bits per heavy atom. The normalized spacial score (nSPS) is 61.1. The quantitative estimate of drug-likeness (QED) is 0.536. The lowest BCUT2D eigenvalue weighted by Gasteiger charge is -2.76. The molecule has 2 N–H and O–H groups in total. The summed E-state index contributed by atoms with van der Waals surface area (Å²) in [4.78, 5) is 13.1. The summed E-state index contributed by atoms with van der Waals surface area (Å²) in [6, 6.07) is 1.36. The van der Waals surface area contributed by atoms with Crippen molar-refractivity contribution >= 4 is 5.97 Å². The zero-order valence-electron chi connectivity index (χ0n) is 22.2. The van der Waals surface area contributed by atoms with Crippen molar-refractivity contribution in [3.63, 3.8) is 0 Å². The van der Waals surface area contributed by atoms with Crippen LogP contribution < -0.4 is 5.32 Å². The molecule has 3 heterocycles. The van der Waals surface area contributed by atoms with E-state index in [1.807, 2.05) is 6.92 Å². The minimum absolute atomic E-state index is 0.127. The Morgan fingerprint density at radius 2 is 1.82 bits per heavy atom. The molecular formula is C30H47NO3. The van der Waals surface area contributed by atoms with Gasteiger partial charge in [0.25, 0.3) is 0 Å². The Balaban J connectivity index is 1.33. The fourth-order valence-corrected chi connectivity index (χ4v) is 12.7. The van der Waals surface area contributed by atoms with Gasteiger partial charge in [-0.1, -0.05) is 27.2 Å². The van der Waals surface area contributed by atoms with E-state index in [1.165, 1.54) is 51.4 Å². The largest absolute Gasteiger partial charge is 0.459 e. The van der Waals surface area contributed by atoms with Gasteiger partial charge in [-0.3, -0.25) is 4.79 Å². The molecule has 1 spiro atoms. The number of nitrogens with one attached hydrogen (secondary N) is 1. The van der Waals surface area contributed by atoms with E-state index < -0.39 is 17.1 Å². The maximum atomic E-state index is 13.1. The van der Waals surface area contributed by atoms with Crippen LogP contribution in [0.4, 0.5) is 0 Å². The second kappa shape index (κ2) is 6.63. The third kappa shape index (κ3) is 2.22. The number of fused-ring (bicyclic) bond motifs is 2. The summed E-state index contributed by atoms with van der Waals surface area (Å²) in [5.41, 5.74) is 0.130. The van der Waals surface area contributed by atoms with Crippen LogP contribution in [0.25, 0.3) is 0 Å². The van der Waals surface area contributed by atoms with Crippen molar-refractivity contribution in [1.82, 2.24) is 5.32 Å². The number of esters is 1. The number of ether oxygens (including phenoxy) is 1. The van der Waals surface area contributed by atoms with Crippen LogP contribution in [0, 0.1) is 51.2 Å². The van der Waals surface area contributed by atoms with Crippen molar-refractivity contribution in [1.29, 1.82) is 0 Å². The molecule has 0 aromatic carbocycles. The van der Waals surface area contributed by atoms with Gasteiger partial charge in [-0.15, -0.1) is 0 Å². The van der Waals surface area contributed by atoms with Crippen LogP contribution in [-0.4, -0.2) is 34.9 Å². The summed E-state index contributed by atoms with van der Waals surface area (Å²) < 4.78 is 6.08. The number of aliphatic hydroxyl groups excluding tert-OH is 1. The van der Waals surface area contributed by atoms with E-state index in [0.717, 1.165) is 36.6 Å². The van der Waals surface area contributed by atoms with E-state index in [4.69, 9.17) is 4.74 Å². The predicted octanol–water partition coefficient (Wildman–Crippen LogP) is 5.47. The van der Waals surface area contributed by atoms with Crippen molar-refractivity contribution in [3.05, 3.63) is 0 Å². The first-order chi connectivity index (χ1) is 16.0. The van der Waals surface area contributed by atoms with Crippen LogP contribution in [0.5, 0.6) is 0 Å². The Bertz CT molecular complexity index is 919. The van der Waals surface area contributed by atoms with Crippen molar-refractivity contribution in [2.45, 2.75) is 129 Å². The average molecular weight is 470 g/mol. The highest BCUT2D eigenvalue weighted by atomic mass is 16.6. The Kier molecular flexibility index (Phi) is 4.40. The maximum Gasteiger partial charge on any atom is 0.315 e. The summed E-state index contributed by atoms with van der Waals surface area (Å²) in [5.74, 6) is 3.11. The van der Waals surface area contributed by atoms with Crippen molar-refractivity contribution in [2.24, 2.45) is 51.2 Å². The van der Waals surface area contributed by atoms with Crippen LogP contribution in [0.15, 0.2) is 0 Å². The highest BCUT2D eigenvalue weighted by Gasteiger charge is 2.80. The average Bonchev–Trinajstić information content (AvgIpc) is 3.40. The molecule has 8 bridgehead atoms. The Morgan fingerprint density at radius 1 is 1.03 bits per heavy atom. The van der Waals surface area contributed by atoms with E-state index in [0.29, 0.717) is 34.6 Å². The SMILES string of the molecule is CC(C)[C@H]1CC[C@@]2(C)C3CC[C@]45CCC[C@H]4[C@@]2(CC[C@@H]2[C@@]4(C)C(=O)O[C@]2(C)CC[C@@H]4O)[C@H]1NC35. The molecular weight excluding hydrogens is 422 g/mol. The maximum absolute atomic E-state index is 13.1. The van der Waals surface area contributed by atoms with E-state index in [2.05, 4.69) is 33.0 Å². The first-order valence-electron chi connectivity index (χ1n) is 14.7. The van der Waals surface area contributed by atoms with Crippen LogP contribution in [0.2, 0.25) is 0 Å². The standard InChI is InChI=1S/C30H47NO3/c1-17(2)18-8-13-26(3)19-9-15-29-12-6-7-21(29)30(26,23(18)31-24(19)29)16-10-20-27(4)14-11-22(32)28(20,5)25(33)34-27/h17-24,31-32H,6-16H2,1-5H3/t18-,19?,20+,21-,22+,23+,24?,26+,27-,28-,29-,30+/m1/s1. The van der Waals surface area contributed by atoms with Gasteiger partial charge in [-0.05, 0) is 118 Å². The van der Waals surface area contributed by atoms with Gasteiger partial charge < -0.3 is 15.2 Å². The summed E-state index contributed by atoms with van der Waals surface area (Å²) in [7, 11) is 0. The lowest BCUT2D eigenvalue weighted by Crippen LogP contribution is -2.80. The molecule has 12 atom stereocenters. The molecule has 0 aromatic rings. The number of piperidine rings is 2. The summed E-state index contributed by atoms with van der Waals surface area (Å²) in [6.07, 6.45) is 13.0. The number of aliphatic hydroxyl groups is 1. The first-order valence-corrected chi connectivity index (χ1v) is 14.7. The Hall–Kier alpha value is -0.610. The van der Waals surface area contributed by atoms with Crippen molar-refractivity contribution < 1.29 is 14.6 Å². The summed E-state index contributed by atoms with van der Waals surface area (Å²) in [5, 5.41) is 15.5. The fraction of sp³-hybridized carbons (Fsp3) is 0.967. The number of carbonyl (C=O) groups is 1. The molecule has 8 rings (SSSR count). The number of hydrogen-bond donors (Lipinski definition) is 2. The second-order valence-corrected chi connectivity index (χ2v) is 15.0. The molecule has 5 saturated carbocycles. The molecule has 3 saturated heterocycles. The highest BCUT2D eigenvalue weighted by molar-refractivity contribution is 5.81. The monoisotopic (exact) mass is 469 g/mol. The van der Waals surface area contributed by atoms with Gasteiger partial charge in [0, 0.05) is 18.0 Å². The van der Waals surface area contributed by atoms with E-state index in [1.54, 1.807) is 0 Å². The molecule has 0 aromatic heterocycles. The Labute approximate surface area is 206 Å². The molecule has 2 unspecified atom stereocenters. The zero-order chi connectivity index (χ0) is 23.9. The number of hydrogen-bond acceptors (Lipinski definition) is 4. The molecule has 3 aliphatic heterocycles. The number of rotatable bonds is 4. The summed E-state index contributed by atoms with van der Waals surface area (Å²) in [6.45, 7) is 11.8. The van der Waals surface area contributed by atoms with Crippen molar-refractivity contribution in [3.8, 4) is 0 Å². The zero-order valence-corrected chi connectivity index (χ0v) is 22.2. The van der Waals surface area contributed by atoms with Crippen LogP contribution in [0.3, 0.4) is 0 Å². The highest BCUT2D eigenvalue weighted by Crippen LogP contribution is 2.81. The van der Waals surface area contributed by atoms with Gasteiger partial charge in [-0.2, -0.15) is 0 Å². The van der Waals surface area contributed by atoms with Gasteiger partial charge in [0.1, 0.15) is 5.60 Å². The van der Waals surface area contributed by atoms with Crippen LogP contribution in [0.1, 0.15) is 105 Å². The fourth-order valence-electron chi connectivity index (χ4n) is 12.7. The van der Waals surface area contributed by atoms with Crippen molar-refractivity contribution in [2.75, 3.05) is 0 Å². The van der Waals surface area contributed by atoms with Gasteiger partial charge in [-0.25, -0.2) is 0 Å². The molecule has 5 aliphatic carbocycles. The van der Waals surface area contributed by atoms with E-state index >= 15 is 0 Å². The minimum atomic E-state index is -0.733. The first kappa shape index (κ1) is 22.6. The molecule has 0 radical (unpaired) electrons. The molecule has 34 heavy (non-hydrogen) atoms. The smallest absolute Gasteiger partial charge is 0.315 e. The van der Waals surface area contributed by atoms with Crippen LogP contribution >= 0.6 is 0 Å². The van der Waals surface area contributed by atoms with Gasteiger partial charge in [0.2, 0.25) is 0 Å². The molecule has 8 aliphatic rings. The molecule has 8 fully saturated rings. The third-order valence-corrected chi connectivity index (χ3v) is 14.2. The lowest BCUT2D eigenvalue weighted by atomic mass is 9.33. The molecule has 4 nitrogen and oxygen atoms in total. The minimum Gasteiger partial charge on any atom is -0.459 e. The topological polar surface area (TPSA) is 58.6 Å². The van der Waals surface area contributed by atoms with E-state index in [9.17, 15) is 9.90 Å². The number of carbonyl (C=O) groups excluding carboxylic acids is 1. The van der Waals surface area contributed by atoms with E-state index in [-0.39, 0.29) is 11.9 Å². The van der Waals surface area contributed by atoms with Crippen LogP contribution in [-0.2, 0) is 9.53 Å². The molecule has 4 heteroatoms. The lowest BCUT2D eigenvalue weighted by molar-refractivity contribution is -0.249. The molecule has 0 amide bonds. The van der Waals surface area contributed by atoms with Gasteiger partial charge in [0.15, 0.2) is 0 Å². The second-order valence-electron chi connectivity index (χ2n) is 15.0. The van der Waals surface area contributed by atoms with Gasteiger partial charge >= 0.3 is 5.97 Å². The van der Waals surface area contributed by atoms with Gasteiger partial charge in [0.05, 0.1) is 11.5 Å². The predicted molar refractivity (Wildman–Crippen MR) is 132 cm³/mol. The summed E-state index contributed by atoms with van der Waals surface area (Å²) >= 11 is 0. The third-order valence-electron chi connectivity index (χ3n) is 14.2. The molecule has 190 valence electrons.